The third-order valence-electron chi connectivity index (χ3n) is 3.47. The molecule has 0 atom stereocenters. The van der Waals surface area contributed by atoms with Crippen LogP contribution < -0.4 is 0 Å². The summed E-state index contributed by atoms with van der Waals surface area (Å²) in [6.45, 7) is 2.92. The summed E-state index contributed by atoms with van der Waals surface area (Å²) >= 11 is 0. The summed E-state index contributed by atoms with van der Waals surface area (Å²) < 4.78 is 29.5. The Balaban J connectivity index is 1.93. The fourth-order valence-corrected chi connectivity index (χ4v) is 3.43. The monoisotopic (exact) mass is 313 g/mol. The summed E-state index contributed by atoms with van der Waals surface area (Å²) in [5, 5.41) is 8.72. The van der Waals surface area contributed by atoms with Crippen LogP contribution in [0.25, 0.3) is 0 Å². The summed E-state index contributed by atoms with van der Waals surface area (Å²) in [4.78, 5) is 12.6. The number of hydrogen-bond acceptors (Lipinski definition) is 5. The topological polar surface area (TPSA) is 83.9 Å². The lowest BCUT2D eigenvalue weighted by Gasteiger charge is -2.30. The van der Waals surface area contributed by atoms with Crippen LogP contribution in [0.1, 0.15) is 18.4 Å². The van der Waals surface area contributed by atoms with E-state index in [-0.39, 0.29) is 17.5 Å². The Morgan fingerprint density at radius 3 is 2.38 bits per heavy atom. The largest absolute Gasteiger partial charge is 0.480 e. The van der Waals surface area contributed by atoms with Gasteiger partial charge in [0.25, 0.3) is 10.1 Å². The normalized spacial score (nSPS) is 17.8. The molecular formula is C14H19NO5S. The van der Waals surface area contributed by atoms with Gasteiger partial charge in [0, 0.05) is 13.1 Å². The number of aliphatic carboxylic acids is 1. The second-order valence-electron chi connectivity index (χ2n) is 5.23. The molecule has 0 radical (unpaired) electrons. The first-order valence-corrected chi connectivity index (χ1v) is 8.22. The van der Waals surface area contributed by atoms with Gasteiger partial charge in [-0.15, -0.1) is 0 Å². The van der Waals surface area contributed by atoms with Crippen molar-refractivity contribution >= 4 is 16.1 Å². The van der Waals surface area contributed by atoms with Crippen LogP contribution in [0.3, 0.4) is 0 Å². The molecule has 0 amide bonds. The number of aryl methyl sites for hydroxylation is 1. The first-order chi connectivity index (χ1) is 9.87. The van der Waals surface area contributed by atoms with E-state index in [1.54, 1.807) is 17.0 Å². The first kappa shape index (κ1) is 15.9. The summed E-state index contributed by atoms with van der Waals surface area (Å²) in [7, 11) is -3.75. The lowest BCUT2D eigenvalue weighted by Crippen LogP contribution is -2.40. The van der Waals surface area contributed by atoms with E-state index < -0.39 is 16.1 Å². The van der Waals surface area contributed by atoms with Gasteiger partial charge in [-0.1, -0.05) is 17.7 Å². The zero-order valence-corrected chi connectivity index (χ0v) is 12.7. The van der Waals surface area contributed by atoms with Gasteiger partial charge in [0.1, 0.15) is 0 Å². The van der Waals surface area contributed by atoms with Crippen molar-refractivity contribution in [1.82, 2.24) is 4.90 Å². The average Bonchev–Trinajstić information content (AvgIpc) is 2.40. The number of piperidine rings is 1. The number of carbonyl (C=O) groups is 1. The predicted molar refractivity (Wildman–Crippen MR) is 76.5 cm³/mol. The van der Waals surface area contributed by atoms with Crippen LogP contribution >= 0.6 is 0 Å². The van der Waals surface area contributed by atoms with E-state index in [9.17, 15) is 13.2 Å². The Labute approximate surface area is 124 Å². The number of hydrogen-bond donors (Lipinski definition) is 1. The highest BCUT2D eigenvalue weighted by molar-refractivity contribution is 7.86. The molecular weight excluding hydrogens is 294 g/mol. The molecule has 1 aromatic carbocycles. The lowest BCUT2D eigenvalue weighted by atomic mass is 10.1. The van der Waals surface area contributed by atoms with Crippen LogP contribution in [0, 0.1) is 6.92 Å². The van der Waals surface area contributed by atoms with Gasteiger partial charge in [-0.2, -0.15) is 8.42 Å². The minimum Gasteiger partial charge on any atom is -0.480 e. The number of carboxylic acids is 1. The predicted octanol–water partition coefficient (Wildman–Crippen LogP) is 1.25. The van der Waals surface area contributed by atoms with Gasteiger partial charge in [0.2, 0.25) is 0 Å². The highest BCUT2D eigenvalue weighted by Crippen LogP contribution is 2.20. The molecule has 1 fully saturated rings. The van der Waals surface area contributed by atoms with Crippen LogP contribution in [-0.2, 0) is 19.1 Å². The molecule has 1 heterocycles. The fourth-order valence-electron chi connectivity index (χ4n) is 2.29. The SMILES string of the molecule is Cc1ccc(S(=O)(=O)OC2CCN(CC(=O)O)CC2)cc1. The molecule has 1 aliphatic rings. The Morgan fingerprint density at radius 1 is 1.29 bits per heavy atom. The van der Waals surface area contributed by atoms with Crippen LogP contribution in [0.15, 0.2) is 29.2 Å². The van der Waals surface area contributed by atoms with E-state index in [2.05, 4.69) is 0 Å². The molecule has 0 bridgehead atoms. The maximum absolute atomic E-state index is 12.1. The molecule has 0 aromatic heterocycles. The molecule has 2 rings (SSSR count). The zero-order valence-electron chi connectivity index (χ0n) is 11.9. The molecule has 1 N–H and O–H groups in total. The average molecular weight is 313 g/mol. The van der Waals surface area contributed by atoms with Crippen LogP contribution in [0.2, 0.25) is 0 Å². The van der Waals surface area contributed by atoms with Crippen LogP contribution in [0.5, 0.6) is 0 Å². The van der Waals surface area contributed by atoms with E-state index in [0.717, 1.165) is 5.56 Å². The first-order valence-electron chi connectivity index (χ1n) is 6.81. The molecule has 21 heavy (non-hydrogen) atoms. The van der Waals surface area contributed by atoms with Gasteiger partial charge in [-0.25, -0.2) is 0 Å². The molecule has 1 aromatic rings. The number of likely N-dealkylation sites (tertiary alicyclic amines) is 1. The highest BCUT2D eigenvalue weighted by atomic mass is 32.2. The van der Waals surface area contributed by atoms with E-state index in [1.807, 2.05) is 6.92 Å². The van der Waals surface area contributed by atoms with Crippen LogP contribution in [0.4, 0.5) is 0 Å². The van der Waals surface area contributed by atoms with E-state index >= 15 is 0 Å². The third-order valence-corrected chi connectivity index (χ3v) is 4.84. The lowest BCUT2D eigenvalue weighted by molar-refractivity contribution is -0.138. The van der Waals surface area contributed by atoms with Crippen molar-refractivity contribution in [2.75, 3.05) is 19.6 Å². The smallest absolute Gasteiger partial charge is 0.317 e. The quantitative estimate of drug-likeness (QED) is 0.824. The van der Waals surface area contributed by atoms with Crippen molar-refractivity contribution in [3.8, 4) is 0 Å². The van der Waals surface area contributed by atoms with Crippen LogP contribution in [-0.4, -0.2) is 50.1 Å². The molecule has 0 unspecified atom stereocenters. The van der Waals surface area contributed by atoms with E-state index in [1.165, 1.54) is 12.1 Å². The minimum atomic E-state index is -3.75. The Bertz CT molecular complexity index is 588. The molecule has 0 spiro atoms. The number of benzene rings is 1. The number of nitrogens with zero attached hydrogens (tertiary/aromatic N) is 1. The van der Waals surface area contributed by atoms with Crippen molar-refractivity contribution in [2.45, 2.75) is 30.8 Å². The summed E-state index contributed by atoms with van der Waals surface area (Å²) in [6.07, 6.45) is 0.637. The van der Waals surface area contributed by atoms with Crippen molar-refractivity contribution in [3.05, 3.63) is 29.8 Å². The van der Waals surface area contributed by atoms with Gasteiger partial charge >= 0.3 is 5.97 Å². The van der Waals surface area contributed by atoms with Gasteiger partial charge in [0.05, 0.1) is 17.5 Å². The maximum Gasteiger partial charge on any atom is 0.317 e. The number of rotatable bonds is 5. The second kappa shape index (κ2) is 6.55. The Morgan fingerprint density at radius 2 is 1.86 bits per heavy atom. The third kappa shape index (κ3) is 4.52. The van der Waals surface area contributed by atoms with E-state index in [4.69, 9.17) is 9.29 Å². The molecule has 1 saturated heterocycles. The molecule has 1 aliphatic heterocycles. The summed E-state index contributed by atoms with van der Waals surface area (Å²) in [5.41, 5.74) is 0.982. The Kier molecular flexibility index (Phi) is 4.97. The van der Waals surface area contributed by atoms with Crippen molar-refractivity contribution in [3.63, 3.8) is 0 Å². The zero-order chi connectivity index (χ0) is 15.5. The maximum atomic E-state index is 12.1. The second-order valence-corrected chi connectivity index (χ2v) is 6.80. The van der Waals surface area contributed by atoms with Gasteiger partial charge in [0.15, 0.2) is 0 Å². The van der Waals surface area contributed by atoms with Crippen molar-refractivity contribution in [1.29, 1.82) is 0 Å². The van der Waals surface area contributed by atoms with Gasteiger partial charge < -0.3 is 5.11 Å². The molecule has 0 saturated carbocycles. The Hall–Kier alpha value is -1.44. The van der Waals surface area contributed by atoms with Crippen molar-refractivity contribution in [2.24, 2.45) is 0 Å². The fraction of sp³-hybridized carbons (Fsp3) is 0.500. The minimum absolute atomic E-state index is 0.0164. The molecule has 7 heteroatoms. The van der Waals surface area contributed by atoms with Crippen molar-refractivity contribution < 1.29 is 22.5 Å². The number of carboxylic acid groups (broad SMARTS) is 1. The highest BCUT2D eigenvalue weighted by Gasteiger charge is 2.26. The molecule has 116 valence electrons. The van der Waals surface area contributed by atoms with Gasteiger partial charge in [-0.3, -0.25) is 13.9 Å². The summed E-state index contributed by atoms with van der Waals surface area (Å²) in [6, 6.07) is 6.52. The molecule has 0 aliphatic carbocycles. The summed E-state index contributed by atoms with van der Waals surface area (Å²) in [5.74, 6) is -0.873. The molecule has 6 nitrogen and oxygen atoms in total. The standard InChI is InChI=1S/C14H19NO5S/c1-11-2-4-13(5-3-11)21(18,19)20-12-6-8-15(9-7-12)10-14(16)17/h2-5,12H,6-10H2,1H3,(H,16,17). The van der Waals surface area contributed by atoms with E-state index in [0.29, 0.717) is 25.9 Å². The van der Waals surface area contributed by atoms with Gasteiger partial charge in [-0.05, 0) is 31.9 Å².